The Hall–Kier alpha value is -1.35. The van der Waals surface area contributed by atoms with Crippen LogP contribution in [0, 0.1) is 0 Å². The number of thiophene rings is 1. The van der Waals surface area contributed by atoms with Gasteiger partial charge in [-0.2, -0.15) is 0 Å². The van der Waals surface area contributed by atoms with Crippen molar-refractivity contribution in [2.75, 3.05) is 0 Å². The van der Waals surface area contributed by atoms with Crippen molar-refractivity contribution in [2.24, 2.45) is 0 Å². The van der Waals surface area contributed by atoms with Gasteiger partial charge in [0.2, 0.25) is 5.78 Å². The molecule has 0 amide bonds. The maximum absolute atomic E-state index is 11.5. The lowest BCUT2D eigenvalue weighted by Crippen LogP contribution is -1.99. The molecule has 0 radical (unpaired) electrons. The Morgan fingerprint density at radius 2 is 2.31 bits per heavy atom. The summed E-state index contributed by atoms with van der Waals surface area (Å²) in [5.74, 6) is 0.473. The van der Waals surface area contributed by atoms with E-state index in [1.165, 1.54) is 6.26 Å². The van der Waals surface area contributed by atoms with Gasteiger partial charge in [0.15, 0.2) is 5.76 Å². The number of hydrogen-bond acceptors (Lipinski definition) is 3. The zero-order valence-electron chi connectivity index (χ0n) is 6.90. The molecule has 0 aliphatic rings. The molecule has 0 N–H and O–H groups in total. The van der Waals surface area contributed by atoms with Gasteiger partial charge in [-0.1, -0.05) is 6.07 Å². The number of furan rings is 1. The van der Waals surface area contributed by atoms with E-state index >= 15 is 0 Å². The summed E-state index contributed by atoms with van der Waals surface area (Å²) in [6.07, 6.45) is 1.95. The van der Waals surface area contributed by atoms with Gasteiger partial charge in [0.1, 0.15) is 0 Å². The minimum atomic E-state index is 0.0347. The molecule has 0 fully saturated rings. The summed E-state index contributed by atoms with van der Waals surface area (Å²) in [6, 6.07) is 7.30. The molecular weight excluding hydrogens is 184 g/mol. The van der Waals surface area contributed by atoms with Gasteiger partial charge in [0, 0.05) is 11.3 Å². The molecule has 0 saturated heterocycles. The molecule has 13 heavy (non-hydrogen) atoms. The van der Waals surface area contributed by atoms with Crippen molar-refractivity contribution in [1.82, 2.24) is 0 Å². The first-order valence-corrected chi connectivity index (χ1v) is 4.83. The van der Waals surface area contributed by atoms with Crippen molar-refractivity contribution in [2.45, 2.75) is 6.42 Å². The van der Waals surface area contributed by atoms with E-state index in [-0.39, 0.29) is 5.78 Å². The van der Waals surface area contributed by atoms with Crippen LogP contribution in [0.25, 0.3) is 0 Å². The zero-order valence-corrected chi connectivity index (χ0v) is 7.71. The van der Waals surface area contributed by atoms with Crippen LogP contribution >= 0.6 is 11.3 Å². The van der Waals surface area contributed by atoms with E-state index < -0.39 is 0 Å². The summed E-state index contributed by atoms with van der Waals surface area (Å²) >= 11 is 1.59. The predicted molar refractivity (Wildman–Crippen MR) is 51.1 cm³/mol. The highest BCUT2D eigenvalue weighted by Crippen LogP contribution is 2.12. The van der Waals surface area contributed by atoms with Gasteiger partial charge in [-0.05, 0) is 23.6 Å². The molecule has 66 valence electrons. The van der Waals surface area contributed by atoms with Gasteiger partial charge in [0.25, 0.3) is 0 Å². The lowest BCUT2D eigenvalue weighted by Gasteiger charge is -1.92. The van der Waals surface area contributed by atoms with Crippen molar-refractivity contribution in [3.05, 3.63) is 46.5 Å². The number of carbonyl (C=O) groups excluding carboxylic acids is 1. The summed E-state index contributed by atoms with van der Waals surface area (Å²) in [7, 11) is 0. The fourth-order valence-electron chi connectivity index (χ4n) is 1.10. The van der Waals surface area contributed by atoms with E-state index in [9.17, 15) is 4.79 Å². The van der Waals surface area contributed by atoms with Crippen molar-refractivity contribution >= 4 is 17.1 Å². The third kappa shape index (κ3) is 1.87. The molecule has 2 aromatic heterocycles. The van der Waals surface area contributed by atoms with Crippen molar-refractivity contribution < 1.29 is 9.21 Å². The Bertz CT molecular complexity index is 373. The lowest BCUT2D eigenvalue weighted by atomic mass is 10.2. The van der Waals surface area contributed by atoms with E-state index in [0.29, 0.717) is 12.2 Å². The summed E-state index contributed by atoms with van der Waals surface area (Å²) in [4.78, 5) is 12.6. The molecule has 2 nitrogen and oxygen atoms in total. The second kappa shape index (κ2) is 3.58. The third-order valence-corrected chi connectivity index (χ3v) is 2.59. The minimum absolute atomic E-state index is 0.0347. The van der Waals surface area contributed by atoms with Crippen LogP contribution in [0.5, 0.6) is 0 Å². The van der Waals surface area contributed by atoms with Gasteiger partial charge in [0.05, 0.1) is 6.26 Å². The second-order valence-corrected chi connectivity index (χ2v) is 3.69. The van der Waals surface area contributed by atoms with E-state index in [2.05, 4.69) is 0 Å². The van der Waals surface area contributed by atoms with Crippen molar-refractivity contribution in [3.63, 3.8) is 0 Å². The molecule has 0 aliphatic heterocycles. The van der Waals surface area contributed by atoms with Gasteiger partial charge < -0.3 is 4.42 Å². The van der Waals surface area contributed by atoms with Crippen LogP contribution in [0.4, 0.5) is 0 Å². The zero-order chi connectivity index (χ0) is 9.10. The predicted octanol–water partition coefficient (Wildman–Crippen LogP) is 2.77. The standard InChI is InChI=1S/C10H8O2S/c11-9(10-4-1-5-12-10)7-8-3-2-6-13-8/h1-6H,7H2. The Morgan fingerprint density at radius 1 is 1.38 bits per heavy atom. The second-order valence-electron chi connectivity index (χ2n) is 2.66. The fourth-order valence-corrected chi connectivity index (χ4v) is 1.80. The quantitative estimate of drug-likeness (QED) is 0.700. The highest BCUT2D eigenvalue weighted by molar-refractivity contribution is 7.10. The van der Waals surface area contributed by atoms with Gasteiger partial charge in [-0.3, -0.25) is 4.79 Å². The SMILES string of the molecule is O=C(Cc1cccs1)c1ccco1. The monoisotopic (exact) mass is 192 g/mol. The molecule has 3 heteroatoms. The number of carbonyl (C=O) groups is 1. The first-order chi connectivity index (χ1) is 6.36. The Morgan fingerprint density at radius 3 is 2.92 bits per heavy atom. The van der Waals surface area contributed by atoms with Crippen molar-refractivity contribution in [1.29, 1.82) is 0 Å². The average molecular weight is 192 g/mol. The molecule has 2 aromatic rings. The van der Waals surface area contributed by atoms with Crippen LogP contribution in [-0.2, 0) is 6.42 Å². The molecule has 0 aromatic carbocycles. The normalized spacial score (nSPS) is 10.2. The minimum Gasteiger partial charge on any atom is -0.461 e. The fraction of sp³-hybridized carbons (Fsp3) is 0.100. The van der Waals surface area contributed by atoms with Gasteiger partial charge in [-0.25, -0.2) is 0 Å². The van der Waals surface area contributed by atoms with E-state index in [1.54, 1.807) is 23.5 Å². The van der Waals surface area contributed by atoms with Crippen molar-refractivity contribution in [3.8, 4) is 0 Å². The average Bonchev–Trinajstić information content (AvgIpc) is 2.74. The number of hydrogen-bond donors (Lipinski definition) is 0. The molecule has 0 unspecified atom stereocenters. The number of ketones is 1. The summed E-state index contributed by atoms with van der Waals surface area (Å²) in [5.41, 5.74) is 0. The highest BCUT2D eigenvalue weighted by atomic mass is 32.1. The van der Waals surface area contributed by atoms with E-state index in [0.717, 1.165) is 4.88 Å². The first-order valence-electron chi connectivity index (χ1n) is 3.95. The number of Topliss-reactive ketones (excluding diaryl/α,β-unsaturated/α-hetero) is 1. The van der Waals surface area contributed by atoms with Crippen LogP contribution in [0.3, 0.4) is 0 Å². The molecule has 0 atom stereocenters. The van der Waals surface area contributed by atoms with E-state index in [1.807, 2.05) is 17.5 Å². The Labute approximate surface area is 79.8 Å². The van der Waals surface area contributed by atoms with Crippen LogP contribution < -0.4 is 0 Å². The van der Waals surface area contributed by atoms with Gasteiger partial charge >= 0.3 is 0 Å². The van der Waals surface area contributed by atoms with E-state index in [4.69, 9.17) is 4.42 Å². The third-order valence-electron chi connectivity index (χ3n) is 1.71. The number of rotatable bonds is 3. The molecular formula is C10H8O2S. The molecule has 0 spiro atoms. The van der Waals surface area contributed by atoms with Gasteiger partial charge in [-0.15, -0.1) is 11.3 Å². The van der Waals surface area contributed by atoms with Crippen LogP contribution in [0.15, 0.2) is 40.3 Å². The Balaban J connectivity index is 2.08. The largest absolute Gasteiger partial charge is 0.461 e. The molecule has 2 rings (SSSR count). The molecule has 2 heterocycles. The molecule has 0 bridgehead atoms. The topological polar surface area (TPSA) is 30.2 Å². The molecule has 0 saturated carbocycles. The molecule has 0 aliphatic carbocycles. The Kier molecular flexibility index (Phi) is 2.27. The van der Waals surface area contributed by atoms with Crippen LogP contribution in [0.1, 0.15) is 15.4 Å². The van der Waals surface area contributed by atoms with Crippen LogP contribution in [0.2, 0.25) is 0 Å². The maximum atomic E-state index is 11.5. The highest BCUT2D eigenvalue weighted by Gasteiger charge is 2.09. The smallest absolute Gasteiger partial charge is 0.203 e. The summed E-state index contributed by atoms with van der Waals surface area (Å²) in [6.45, 7) is 0. The lowest BCUT2D eigenvalue weighted by molar-refractivity contribution is 0.0967. The maximum Gasteiger partial charge on any atom is 0.203 e. The first kappa shape index (κ1) is 8.26. The summed E-state index contributed by atoms with van der Waals surface area (Å²) in [5, 5.41) is 1.96. The van der Waals surface area contributed by atoms with Crippen LogP contribution in [-0.4, -0.2) is 5.78 Å². The summed E-state index contributed by atoms with van der Waals surface area (Å²) < 4.78 is 5.00.